The Bertz CT molecular complexity index is 1210. The van der Waals surface area contributed by atoms with Crippen LogP contribution < -0.4 is 11.2 Å². The Hall–Kier alpha value is -2.97. The molecule has 0 spiro atoms. The first kappa shape index (κ1) is 25.6. The summed E-state index contributed by atoms with van der Waals surface area (Å²) in [5.41, 5.74) is -1.50. The minimum atomic E-state index is -1.56. The zero-order chi connectivity index (χ0) is 25.2. The maximum absolute atomic E-state index is 12.0. The van der Waals surface area contributed by atoms with Crippen LogP contribution in [0.3, 0.4) is 0 Å². The van der Waals surface area contributed by atoms with Gasteiger partial charge in [-0.25, -0.2) is 9.59 Å². The molecule has 2 aromatic rings. The van der Waals surface area contributed by atoms with Gasteiger partial charge in [-0.1, -0.05) is 23.2 Å². The number of aryl methyl sites for hydroxylation is 1. The first-order valence-corrected chi connectivity index (χ1v) is 10.5. The number of carbonyl (C=O) groups is 1. The van der Waals surface area contributed by atoms with Crippen LogP contribution in [0.1, 0.15) is 17.4 Å². The third-order valence-electron chi connectivity index (χ3n) is 5.03. The second-order valence-electron chi connectivity index (χ2n) is 7.33. The average Bonchev–Trinajstić information content (AvgIpc) is 3.04. The Morgan fingerprint density at radius 2 is 1.97 bits per heavy atom. The molecule has 0 aliphatic carbocycles. The number of aliphatic hydroxyl groups excluding tert-OH is 2. The lowest BCUT2D eigenvalue weighted by atomic mass is 10.1. The molecular weight excluding hydrogens is 501 g/mol. The van der Waals surface area contributed by atoms with E-state index in [1.54, 1.807) is 0 Å². The summed E-state index contributed by atoms with van der Waals surface area (Å²) in [5, 5.41) is 31.7. The van der Waals surface area contributed by atoms with E-state index in [4.69, 9.17) is 37.4 Å². The van der Waals surface area contributed by atoms with Crippen LogP contribution in [0.2, 0.25) is 10.0 Å². The Morgan fingerprint density at radius 3 is 2.65 bits per heavy atom. The normalized spacial score (nSPS) is 21.9. The average molecular weight is 520 g/mol. The lowest BCUT2D eigenvalue weighted by Crippen LogP contribution is -2.38. The van der Waals surface area contributed by atoms with E-state index in [9.17, 15) is 34.7 Å². The number of H-pyrrole nitrogens is 1. The number of halogens is 2. The van der Waals surface area contributed by atoms with Crippen LogP contribution in [0.4, 0.5) is 10.5 Å². The number of hydrogen-bond acceptors (Lipinski definition) is 10. The summed E-state index contributed by atoms with van der Waals surface area (Å²) in [6.45, 7) is 0.591. The second-order valence-corrected chi connectivity index (χ2v) is 8.17. The number of nitro groups is 1. The second kappa shape index (κ2) is 10.5. The van der Waals surface area contributed by atoms with Gasteiger partial charge in [-0.2, -0.15) is 0 Å². The van der Waals surface area contributed by atoms with Crippen LogP contribution in [0.25, 0.3) is 0 Å². The van der Waals surface area contributed by atoms with Gasteiger partial charge in [0, 0.05) is 29.3 Å². The molecule has 2 unspecified atom stereocenters. The number of aromatic amines is 1. The fourth-order valence-corrected chi connectivity index (χ4v) is 3.88. The van der Waals surface area contributed by atoms with E-state index in [2.05, 4.69) is 4.98 Å². The highest BCUT2D eigenvalue weighted by atomic mass is 35.5. The van der Waals surface area contributed by atoms with Crippen LogP contribution >= 0.6 is 23.2 Å². The number of nitrogens with one attached hydrogen (secondary N) is 1. The van der Waals surface area contributed by atoms with Gasteiger partial charge in [0.15, 0.2) is 6.23 Å². The first-order valence-electron chi connectivity index (χ1n) is 9.75. The molecule has 3 rings (SSSR count). The number of hydrogen-bond donors (Lipinski definition) is 3. The van der Waals surface area contributed by atoms with Gasteiger partial charge in [0.1, 0.15) is 24.9 Å². The number of nitrogens with zero attached hydrogens (tertiary/aromatic N) is 2. The van der Waals surface area contributed by atoms with E-state index < -0.39 is 53.5 Å². The molecule has 0 radical (unpaired) electrons. The van der Waals surface area contributed by atoms with E-state index in [1.165, 1.54) is 19.2 Å². The standard InChI is InChI=1S/C19H19Cl2N3O10/c1-8-6-23(18(28)22-16(8)27)17-15(26)14(25)13(34-17)7-33-19(29)32-3-2-10-11(21)4-9(20)5-12(10)24(30)31/h4-6,13-15,17,25-26H,2-3,7H2,1H3,(H,22,27,28)/t13-,14?,15?,17-/m1/s1. The predicted octanol–water partition coefficient (Wildman–Crippen LogP) is 1.08. The SMILES string of the molecule is Cc1cn([C@@H]2O[C@H](COC(=O)OCCc3c(Cl)cc(Cl)cc3[N+](=O)[O-])C(O)C2O)c(=O)[nH]c1=O. The third kappa shape index (κ3) is 5.56. The molecule has 3 N–H and O–H groups in total. The number of rotatable bonds is 7. The highest BCUT2D eigenvalue weighted by Crippen LogP contribution is 2.31. The molecule has 15 heteroatoms. The van der Waals surface area contributed by atoms with Crippen molar-refractivity contribution in [3.63, 3.8) is 0 Å². The number of nitro benzene ring substituents is 1. The van der Waals surface area contributed by atoms with Gasteiger partial charge >= 0.3 is 11.8 Å². The summed E-state index contributed by atoms with van der Waals surface area (Å²) in [7, 11) is 0. The number of aliphatic hydroxyl groups is 2. The molecule has 2 heterocycles. The zero-order valence-corrected chi connectivity index (χ0v) is 19.0. The van der Waals surface area contributed by atoms with Gasteiger partial charge in [0.25, 0.3) is 11.2 Å². The van der Waals surface area contributed by atoms with Gasteiger partial charge in [-0.3, -0.25) is 24.5 Å². The van der Waals surface area contributed by atoms with Crippen molar-refractivity contribution in [1.82, 2.24) is 9.55 Å². The molecule has 1 aliphatic rings. The Kier molecular flexibility index (Phi) is 7.94. The first-order chi connectivity index (χ1) is 16.0. The smallest absolute Gasteiger partial charge is 0.434 e. The molecule has 13 nitrogen and oxygen atoms in total. The van der Waals surface area contributed by atoms with Crippen LogP contribution in [0.5, 0.6) is 0 Å². The Labute approximate surface area is 200 Å². The molecule has 4 atom stereocenters. The number of benzene rings is 1. The van der Waals surface area contributed by atoms with Crippen molar-refractivity contribution < 1.29 is 34.1 Å². The molecule has 1 saturated heterocycles. The van der Waals surface area contributed by atoms with Gasteiger partial charge in [-0.15, -0.1) is 0 Å². The molecule has 0 amide bonds. The maximum Gasteiger partial charge on any atom is 0.508 e. The van der Waals surface area contributed by atoms with Crippen LogP contribution in [0, 0.1) is 17.0 Å². The van der Waals surface area contributed by atoms with Crippen molar-refractivity contribution in [1.29, 1.82) is 0 Å². The monoisotopic (exact) mass is 519 g/mol. The van der Waals surface area contributed by atoms with Gasteiger partial charge in [0.05, 0.1) is 22.1 Å². The Morgan fingerprint density at radius 1 is 1.26 bits per heavy atom. The summed E-state index contributed by atoms with van der Waals surface area (Å²) in [4.78, 5) is 48.0. The lowest BCUT2D eigenvalue weighted by molar-refractivity contribution is -0.385. The minimum Gasteiger partial charge on any atom is -0.434 e. The van der Waals surface area contributed by atoms with Crippen molar-refractivity contribution in [3.8, 4) is 0 Å². The lowest BCUT2D eigenvalue weighted by Gasteiger charge is -2.17. The Balaban J connectivity index is 1.56. The van der Waals surface area contributed by atoms with Crippen LogP contribution in [-0.4, -0.2) is 62.4 Å². The molecule has 34 heavy (non-hydrogen) atoms. The quantitative estimate of drug-likeness (QED) is 0.271. The maximum atomic E-state index is 12.0. The summed E-state index contributed by atoms with van der Waals surface area (Å²) < 4.78 is 16.1. The van der Waals surface area contributed by atoms with E-state index in [0.717, 1.165) is 10.6 Å². The summed E-state index contributed by atoms with van der Waals surface area (Å²) in [5.74, 6) is 0. The van der Waals surface area contributed by atoms with Gasteiger partial charge < -0.3 is 24.4 Å². The zero-order valence-electron chi connectivity index (χ0n) is 17.5. The molecule has 1 aliphatic heterocycles. The largest absolute Gasteiger partial charge is 0.508 e. The van der Waals surface area contributed by atoms with Crippen LogP contribution in [-0.2, 0) is 20.6 Å². The van der Waals surface area contributed by atoms with Crippen molar-refractivity contribution in [3.05, 3.63) is 70.5 Å². The van der Waals surface area contributed by atoms with E-state index in [0.29, 0.717) is 0 Å². The highest BCUT2D eigenvalue weighted by Gasteiger charge is 2.44. The minimum absolute atomic E-state index is 0.0337. The van der Waals surface area contributed by atoms with E-state index >= 15 is 0 Å². The molecular formula is C19H19Cl2N3O10. The molecule has 184 valence electrons. The highest BCUT2D eigenvalue weighted by molar-refractivity contribution is 6.35. The molecule has 0 saturated carbocycles. The third-order valence-corrected chi connectivity index (χ3v) is 5.58. The van der Waals surface area contributed by atoms with Crippen LogP contribution in [0.15, 0.2) is 27.9 Å². The fourth-order valence-electron chi connectivity index (χ4n) is 3.30. The molecule has 1 fully saturated rings. The van der Waals surface area contributed by atoms with E-state index in [-0.39, 0.29) is 39.9 Å². The number of aromatic nitrogens is 2. The number of ether oxygens (including phenoxy) is 3. The van der Waals surface area contributed by atoms with Crippen molar-refractivity contribution >= 4 is 35.0 Å². The van der Waals surface area contributed by atoms with Gasteiger partial charge in [-0.05, 0) is 13.0 Å². The summed E-state index contributed by atoms with van der Waals surface area (Å²) in [6.07, 6.45) is -5.72. The summed E-state index contributed by atoms with van der Waals surface area (Å²) in [6, 6.07) is 2.44. The van der Waals surface area contributed by atoms with Crippen molar-refractivity contribution in [2.45, 2.75) is 37.9 Å². The molecule has 1 aromatic heterocycles. The molecule has 1 aromatic carbocycles. The fraction of sp³-hybridized carbons (Fsp3) is 0.421. The topological polar surface area (TPSA) is 183 Å². The van der Waals surface area contributed by atoms with Crippen molar-refractivity contribution in [2.75, 3.05) is 13.2 Å². The predicted molar refractivity (Wildman–Crippen MR) is 116 cm³/mol. The summed E-state index contributed by atoms with van der Waals surface area (Å²) >= 11 is 11.8. The van der Waals surface area contributed by atoms with Crippen molar-refractivity contribution in [2.24, 2.45) is 0 Å². The number of carbonyl (C=O) groups excluding carboxylic acids is 1. The molecule has 0 bridgehead atoms. The van der Waals surface area contributed by atoms with Gasteiger partial charge in [0.2, 0.25) is 0 Å². The van der Waals surface area contributed by atoms with E-state index in [1.807, 2.05) is 0 Å².